The Morgan fingerprint density at radius 1 is 1.32 bits per heavy atom. The maximum absolute atomic E-state index is 12.1. The molecular weight excluding hydrogens is 328 g/mol. The van der Waals surface area contributed by atoms with Gasteiger partial charge in [0.15, 0.2) is 0 Å². The second-order valence-corrected chi connectivity index (χ2v) is 7.54. The molecule has 1 aromatic carbocycles. The number of aliphatic hydroxyl groups is 1. The lowest BCUT2D eigenvalue weighted by atomic mass is 10.1. The van der Waals surface area contributed by atoms with Crippen molar-refractivity contribution in [3.8, 4) is 0 Å². The van der Waals surface area contributed by atoms with Crippen LogP contribution in [0.15, 0.2) is 46.7 Å². The number of nitrogens with one attached hydrogen (secondary N) is 1. The average molecular weight is 342 g/mol. The summed E-state index contributed by atoms with van der Waals surface area (Å²) in [6.07, 6.45) is 0. The molecular formula is C13H14N2O5S2. The van der Waals surface area contributed by atoms with Crippen molar-refractivity contribution in [2.45, 2.75) is 17.4 Å². The molecule has 9 heteroatoms. The maximum Gasteiger partial charge on any atom is 0.269 e. The summed E-state index contributed by atoms with van der Waals surface area (Å²) < 4.78 is 26.6. The molecule has 7 nitrogen and oxygen atoms in total. The Balaban J connectivity index is 2.13. The number of nitrogens with zero attached hydrogens (tertiary/aromatic N) is 1. The summed E-state index contributed by atoms with van der Waals surface area (Å²) in [5.74, 6) is 0. The Kier molecular flexibility index (Phi) is 4.61. The van der Waals surface area contributed by atoms with Gasteiger partial charge >= 0.3 is 0 Å². The predicted octanol–water partition coefficient (Wildman–Crippen LogP) is 1.84. The minimum atomic E-state index is -3.85. The Morgan fingerprint density at radius 3 is 2.45 bits per heavy atom. The number of thiophene rings is 1. The van der Waals surface area contributed by atoms with Crippen LogP contribution in [-0.4, -0.2) is 25.0 Å². The first-order chi connectivity index (χ1) is 10.2. The fraction of sp³-hybridized carbons (Fsp3) is 0.231. The van der Waals surface area contributed by atoms with Gasteiger partial charge in [-0.1, -0.05) is 6.07 Å². The molecule has 2 rings (SSSR count). The lowest BCUT2D eigenvalue weighted by Crippen LogP contribution is -2.38. The van der Waals surface area contributed by atoms with Crippen molar-refractivity contribution in [1.29, 1.82) is 0 Å². The summed E-state index contributed by atoms with van der Waals surface area (Å²) in [6.45, 7) is 1.31. The first-order valence-corrected chi connectivity index (χ1v) is 8.59. The molecule has 0 aliphatic carbocycles. The molecule has 1 aromatic heterocycles. The molecule has 0 spiro atoms. The van der Waals surface area contributed by atoms with Crippen LogP contribution >= 0.6 is 11.3 Å². The molecule has 0 saturated heterocycles. The SMILES string of the molecule is CC(O)(CNS(=O)(=O)c1ccc([N+](=O)[O-])cc1)c1cccs1. The molecule has 1 unspecified atom stereocenters. The van der Waals surface area contributed by atoms with E-state index in [0.29, 0.717) is 4.88 Å². The Morgan fingerprint density at radius 2 is 1.95 bits per heavy atom. The lowest BCUT2D eigenvalue weighted by Gasteiger charge is -2.22. The highest BCUT2D eigenvalue weighted by Crippen LogP contribution is 2.25. The van der Waals surface area contributed by atoms with Gasteiger partial charge in [0.1, 0.15) is 5.60 Å². The summed E-state index contributed by atoms with van der Waals surface area (Å²) in [7, 11) is -3.85. The number of nitro benzene ring substituents is 1. The van der Waals surface area contributed by atoms with Gasteiger partial charge in [0.05, 0.1) is 9.82 Å². The van der Waals surface area contributed by atoms with Crippen LogP contribution in [0.5, 0.6) is 0 Å². The normalized spacial score (nSPS) is 14.5. The smallest absolute Gasteiger partial charge is 0.269 e. The van der Waals surface area contributed by atoms with Gasteiger partial charge in [-0.2, -0.15) is 0 Å². The van der Waals surface area contributed by atoms with Gasteiger partial charge in [-0.25, -0.2) is 13.1 Å². The summed E-state index contributed by atoms with van der Waals surface area (Å²) in [4.78, 5) is 10.5. The zero-order chi connectivity index (χ0) is 16.4. The van der Waals surface area contributed by atoms with E-state index in [2.05, 4.69) is 4.72 Å². The zero-order valence-electron chi connectivity index (χ0n) is 11.6. The highest BCUT2D eigenvalue weighted by molar-refractivity contribution is 7.89. The maximum atomic E-state index is 12.1. The Hall–Kier alpha value is -1.81. The summed E-state index contributed by atoms with van der Waals surface area (Å²) in [5.41, 5.74) is -1.52. The molecule has 0 radical (unpaired) electrons. The van der Waals surface area contributed by atoms with E-state index in [9.17, 15) is 23.6 Å². The first kappa shape index (κ1) is 16.6. The number of hydrogen-bond acceptors (Lipinski definition) is 6. The van der Waals surface area contributed by atoms with E-state index in [1.165, 1.54) is 18.3 Å². The number of rotatable bonds is 6. The fourth-order valence-corrected chi connectivity index (χ4v) is 3.66. The summed E-state index contributed by atoms with van der Waals surface area (Å²) >= 11 is 1.32. The van der Waals surface area contributed by atoms with Gasteiger partial charge in [0.2, 0.25) is 10.0 Å². The highest BCUT2D eigenvalue weighted by Gasteiger charge is 2.27. The van der Waals surface area contributed by atoms with Crippen LogP contribution in [-0.2, 0) is 15.6 Å². The van der Waals surface area contributed by atoms with Crippen molar-refractivity contribution in [2.24, 2.45) is 0 Å². The van der Waals surface area contributed by atoms with Gasteiger partial charge in [-0.05, 0) is 30.5 Å². The summed E-state index contributed by atoms with van der Waals surface area (Å²) in [5, 5.41) is 22.6. The zero-order valence-corrected chi connectivity index (χ0v) is 13.2. The van der Waals surface area contributed by atoms with E-state index in [0.717, 1.165) is 24.3 Å². The van der Waals surface area contributed by atoms with Crippen molar-refractivity contribution in [2.75, 3.05) is 6.54 Å². The molecule has 22 heavy (non-hydrogen) atoms. The molecule has 0 amide bonds. The molecule has 0 saturated carbocycles. The Bertz CT molecular complexity index is 752. The van der Waals surface area contributed by atoms with E-state index in [1.54, 1.807) is 17.5 Å². The minimum Gasteiger partial charge on any atom is -0.383 e. The fourth-order valence-electron chi connectivity index (χ4n) is 1.74. The van der Waals surface area contributed by atoms with Crippen LogP contribution in [0, 0.1) is 10.1 Å². The third-order valence-corrected chi connectivity index (χ3v) is 5.56. The van der Waals surface area contributed by atoms with Crippen molar-refractivity contribution < 1.29 is 18.4 Å². The van der Waals surface area contributed by atoms with E-state index in [4.69, 9.17) is 0 Å². The Labute approximate surface area is 131 Å². The molecule has 2 N–H and O–H groups in total. The lowest BCUT2D eigenvalue weighted by molar-refractivity contribution is -0.384. The minimum absolute atomic E-state index is 0.0971. The predicted molar refractivity (Wildman–Crippen MR) is 82.2 cm³/mol. The largest absolute Gasteiger partial charge is 0.383 e. The molecule has 2 aromatic rings. The average Bonchev–Trinajstić information content (AvgIpc) is 3.00. The van der Waals surface area contributed by atoms with Crippen LogP contribution in [0.1, 0.15) is 11.8 Å². The molecule has 0 aliphatic rings. The van der Waals surface area contributed by atoms with Crippen LogP contribution in [0.4, 0.5) is 5.69 Å². The van der Waals surface area contributed by atoms with Crippen molar-refractivity contribution >= 4 is 27.0 Å². The number of sulfonamides is 1. The van der Waals surface area contributed by atoms with Gasteiger partial charge in [0.25, 0.3) is 5.69 Å². The molecule has 0 aliphatic heterocycles. The topological polar surface area (TPSA) is 110 Å². The van der Waals surface area contributed by atoms with E-state index in [-0.39, 0.29) is 17.1 Å². The third kappa shape index (κ3) is 3.69. The molecule has 1 atom stereocenters. The molecule has 0 fully saturated rings. The van der Waals surface area contributed by atoms with Gasteiger partial charge in [0, 0.05) is 23.6 Å². The standard InChI is InChI=1S/C13H14N2O5S2/c1-13(16,12-3-2-8-21-12)9-14-22(19,20)11-6-4-10(5-7-11)15(17)18/h2-8,14,16H,9H2,1H3. The van der Waals surface area contributed by atoms with E-state index in [1.807, 2.05) is 0 Å². The number of non-ortho nitro benzene ring substituents is 1. The van der Waals surface area contributed by atoms with Crippen LogP contribution in [0.25, 0.3) is 0 Å². The van der Waals surface area contributed by atoms with Crippen LogP contribution in [0.3, 0.4) is 0 Å². The second-order valence-electron chi connectivity index (χ2n) is 4.83. The van der Waals surface area contributed by atoms with Crippen LogP contribution in [0.2, 0.25) is 0 Å². The molecule has 1 heterocycles. The van der Waals surface area contributed by atoms with Crippen LogP contribution < -0.4 is 4.72 Å². The van der Waals surface area contributed by atoms with E-state index >= 15 is 0 Å². The van der Waals surface area contributed by atoms with E-state index < -0.39 is 20.5 Å². The van der Waals surface area contributed by atoms with Crippen molar-refractivity contribution in [1.82, 2.24) is 4.72 Å². The third-order valence-electron chi connectivity index (χ3n) is 3.02. The van der Waals surface area contributed by atoms with Crippen molar-refractivity contribution in [3.05, 3.63) is 56.8 Å². The quantitative estimate of drug-likeness (QED) is 0.615. The second kappa shape index (κ2) is 6.13. The monoisotopic (exact) mass is 342 g/mol. The van der Waals surface area contributed by atoms with Crippen molar-refractivity contribution in [3.63, 3.8) is 0 Å². The number of hydrogen-bond donors (Lipinski definition) is 2. The van der Waals surface area contributed by atoms with Gasteiger partial charge in [-0.3, -0.25) is 10.1 Å². The summed E-state index contributed by atoms with van der Waals surface area (Å²) in [6, 6.07) is 8.02. The highest BCUT2D eigenvalue weighted by atomic mass is 32.2. The van der Waals surface area contributed by atoms with Gasteiger partial charge < -0.3 is 5.11 Å². The van der Waals surface area contributed by atoms with Gasteiger partial charge in [-0.15, -0.1) is 11.3 Å². The number of nitro groups is 1. The number of benzene rings is 1. The molecule has 118 valence electrons. The first-order valence-electron chi connectivity index (χ1n) is 6.23. The molecule has 0 bridgehead atoms.